The Hall–Kier alpha value is -1.37. The minimum atomic E-state index is -1.14. The number of hydrogen-bond donors (Lipinski definition) is 0. The Labute approximate surface area is 65.3 Å². The van der Waals surface area contributed by atoms with E-state index < -0.39 is 10.5 Å². The summed E-state index contributed by atoms with van der Waals surface area (Å²) < 4.78 is 0. The van der Waals surface area contributed by atoms with Crippen molar-refractivity contribution >= 4 is 0 Å². The molecule has 0 aromatic carbocycles. The monoisotopic (exact) mass is 154 g/mol. The lowest BCUT2D eigenvalue weighted by atomic mass is 9.98. The molecule has 1 atom stereocenters. The Morgan fingerprint density at radius 3 is 2.73 bits per heavy atom. The summed E-state index contributed by atoms with van der Waals surface area (Å²) in [4.78, 5) is 9.96. The van der Waals surface area contributed by atoms with Crippen LogP contribution in [0.5, 0.6) is 0 Å². The summed E-state index contributed by atoms with van der Waals surface area (Å²) in [6, 6.07) is 1.86. The third kappa shape index (κ3) is 2.38. The summed E-state index contributed by atoms with van der Waals surface area (Å²) in [6.07, 6.45) is 1.67. The van der Waals surface area contributed by atoms with Gasteiger partial charge in [-0.25, -0.2) is 0 Å². The van der Waals surface area contributed by atoms with Crippen molar-refractivity contribution in [1.29, 1.82) is 5.26 Å². The maximum Gasteiger partial charge on any atom is 0.238 e. The maximum atomic E-state index is 10.4. The molecule has 0 fully saturated rings. The average Bonchev–Trinajstić information content (AvgIpc) is 2.00. The molecule has 60 valence electrons. The van der Waals surface area contributed by atoms with Crippen LogP contribution in [0.3, 0.4) is 0 Å². The first-order chi connectivity index (χ1) is 5.06. The van der Waals surface area contributed by atoms with Gasteiger partial charge in [-0.05, 0) is 6.08 Å². The molecule has 0 bridgehead atoms. The topological polar surface area (TPSA) is 66.9 Å². The zero-order valence-corrected chi connectivity index (χ0v) is 6.41. The first-order valence-electron chi connectivity index (χ1n) is 3.22. The van der Waals surface area contributed by atoms with Crippen LogP contribution >= 0.6 is 0 Å². The minimum absolute atomic E-state index is 0.184. The molecule has 0 aromatic heterocycles. The number of nitrogens with zero attached hydrogens (tertiary/aromatic N) is 2. The Morgan fingerprint density at radius 1 is 1.91 bits per heavy atom. The van der Waals surface area contributed by atoms with Crippen LogP contribution in [0.25, 0.3) is 0 Å². The van der Waals surface area contributed by atoms with Gasteiger partial charge in [0, 0.05) is 24.7 Å². The number of hydrogen-bond acceptors (Lipinski definition) is 3. The predicted molar refractivity (Wildman–Crippen MR) is 40.4 cm³/mol. The highest BCUT2D eigenvalue weighted by Crippen LogP contribution is 2.16. The minimum Gasteiger partial charge on any atom is -0.264 e. The fourth-order valence-electron chi connectivity index (χ4n) is 0.577. The SMILES string of the molecule is C=CC(C)(CCC#N)[N+](=O)[O-]. The molecule has 0 aliphatic heterocycles. The van der Waals surface area contributed by atoms with Gasteiger partial charge >= 0.3 is 0 Å². The molecule has 4 heteroatoms. The fourth-order valence-corrected chi connectivity index (χ4v) is 0.577. The molecule has 0 radical (unpaired) electrons. The van der Waals surface area contributed by atoms with Crippen LogP contribution in [-0.4, -0.2) is 10.5 Å². The molecule has 0 saturated heterocycles. The van der Waals surface area contributed by atoms with Crippen molar-refractivity contribution in [2.24, 2.45) is 0 Å². The van der Waals surface area contributed by atoms with E-state index in [9.17, 15) is 10.1 Å². The summed E-state index contributed by atoms with van der Waals surface area (Å²) in [6.45, 7) is 4.81. The molecule has 0 aliphatic rings. The first kappa shape index (κ1) is 9.63. The van der Waals surface area contributed by atoms with E-state index in [1.165, 1.54) is 13.0 Å². The molecule has 0 saturated carbocycles. The van der Waals surface area contributed by atoms with Gasteiger partial charge in [0.1, 0.15) is 0 Å². The Morgan fingerprint density at radius 2 is 2.45 bits per heavy atom. The average molecular weight is 154 g/mol. The van der Waals surface area contributed by atoms with Crippen molar-refractivity contribution < 1.29 is 4.92 Å². The molecular weight excluding hydrogens is 144 g/mol. The van der Waals surface area contributed by atoms with Crippen LogP contribution in [0, 0.1) is 21.4 Å². The second-order valence-electron chi connectivity index (χ2n) is 2.48. The van der Waals surface area contributed by atoms with E-state index >= 15 is 0 Å². The number of nitriles is 1. The van der Waals surface area contributed by atoms with Crippen molar-refractivity contribution in [2.75, 3.05) is 0 Å². The van der Waals surface area contributed by atoms with Gasteiger partial charge in [0.25, 0.3) is 0 Å². The highest BCUT2D eigenvalue weighted by molar-refractivity contribution is 4.94. The highest BCUT2D eigenvalue weighted by Gasteiger charge is 2.32. The Balaban J connectivity index is 4.25. The molecule has 0 aliphatic carbocycles. The molecule has 1 unspecified atom stereocenters. The van der Waals surface area contributed by atoms with Crippen LogP contribution in [0.15, 0.2) is 12.7 Å². The highest BCUT2D eigenvalue weighted by atomic mass is 16.6. The Bertz CT molecular complexity index is 207. The zero-order valence-electron chi connectivity index (χ0n) is 6.41. The molecular formula is C7H10N2O2. The van der Waals surface area contributed by atoms with Crippen LogP contribution in [0.1, 0.15) is 19.8 Å². The molecule has 0 heterocycles. The van der Waals surface area contributed by atoms with Crippen LogP contribution in [0.2, 0.25) is 0 Å². The summed E-state index contributed by atoms with van der Waals surface area (Å²) in [7, 11) is 0. The summed E-state index contributed by atoms with van der Waals surface area (Å²) >= 11 is 0. The van der Waals surface area contributed by atoms with Gasteiger partial charge in [-0.2, -0.15) is 5.26 Å². The van der Waals surface area contributed by atoms with E-state index in [4.69, 9.17) is 5.26 Å². The van der Waals surface area contributed by atoms with Crippen LogP contribution in [-0.2, 0) is 0 Å². The van der Waals surface area contributed by atoms with E-state index in [-0.39, 0.29) is 12.8 Å². The molecule has 0 amide bonds. The standard InChI is InChI=1S/C7H10N2O2/c1-3-7(2,9(10)11)5-4-6-8/h3H,1,4-5H2,2H3. The molecule has 11 heavy (non-hydrogen) atoms. The lowest BCUT2D eigenvalue weighted by molar-refractivity contribution is -0.551. The van der Waals surface area contributed by atoms with Gasteiger partial charge in [0.05, 0.1) is 6.07 Å². The normalized spacial score (nSPS) is 14.5. The van der Waals surface area contributed by atoms with E-state index in [1.807, 2.05) is 6.07 Å². The summed E-state index contributed by atoms with van der Waals surface area (Å²) in [5.41, 5.74) is -1.14. The van der Waals surface area contributed by atoms with Gasteiger partial charge < -0.3 is 0 Å². The molecule has 4 nitrogen and oxygen atoms in total. The lowest BCUT2D eigenvalue weighted by Crippen LogP contribution is -2.31. The molecule has 0 N–H and O–H groups in total. The van der Waals surface area contributed by atoms with Crippen molar-refractivity contribution in [2.45, 2.75) is 25.3 Å². The molecule has 0 rings (SSSR count). The van der Waals surface area contributed by atoms with Crippen molar-refractivity contribution in [3.05, 3.63) is 22.8 Å². The number of nitro groups is 1. The van der Waals surface area contributed by atoms with Crippen molar-refractivity contribution in [3.8, 4) is 6.07 Å². The van der Waals surface area contributed by atoms with E-state index in [2.05, 4.69) is 6.58 Å². The summed E-state index contributed by atoms with van der Waals surface area (Å²) in [5.74, 6) is 0. The van der Waals surface area contributed by atoms with Gasteiger partial charge in [0.2, 0.25) is 5.54 Å². The quantitative estimate of drug-likeness (QED) is 0.350. The first-order valence-corrected chi connectivity index (χ1v) is 3.22. The molecule has 0 aromatic rings. The van der Waals surface area contributed by atoms with Gasteiger partial charge in [-0.15, -0.1) is 0 Å². The zero-order chi connectivity index (χ0) is 8.91. The van der Waals surface area contributed by atoms with E-state index in [0.717, 1.165) is 0 Å². The van der Waals surface area contributed by atoms with E-state index in [0.29, 0.717) is 0 Å². The van der Waals surface area contributed by atoms with Gasteiger partial charge in [-0.1, -0.05) is 6.58 Å². The third-order valence-electron chi connectivity index (χ3n) is 1.60. The van der Waals surface area contributed by atoms with Gasteiger partial charge in [-0.3, -0.25) is 10.1 Å². The fraction of sp³-hybridized carbons (Fsp3) is 0.571. The smallest absolute Gasteiger partial charge is 0.238 e. The predicted octanol–water partition coefficient (Wildman–Crippen LogP) is 1.51. The Kier molecular flexibility index (Phi) is 3.25. The summed E-state index contributed by atoms with van der Waals surface area (Å²) in [5, 5.41) is 18.6. The lowest BCUT2D eigenvalue weighted by Gasteiger charge is -2.13. The second-order valence-corrected chi connectivity index (χ2v) is 2.48. The van der Waals surface area contributed by atoms with Crippen molar-refractivity contribution in [1.82, 2.24) is 0 Å². The van der Waals surface area contributed by atoms with Crippen LogP contribution in [0.4, 0.5) is 0 Å². The maximum absolute atomic E-state index is 10.4. The van der Waals surface area contributed by atoms with Gasteiger partial charge in [0.15, 0.2) is 0 Å². The van der Waals surface area contributed by atoms with E-state index in [1.54, 1.807) is 0 Å². The van der Waals surface area contributed by atoms with Crippen molar-refractivity contribution in [3.63, 3.8) is 0 Å². The third-order valence-corrected chi connectivity index (χ3v) is 1.60. The largest absolute Gasteiger partial charge is 0.264 e. The molecule has 0 spiro atoms. The van der Waals surface area contributed by atoms with Crippen LogP contribution < -0.4 is 0 Å². The second kappa shape index (κ2) is 3.71. The number of rotatable bonds is 4.